The number of aromatic nitrogens is 2. The summed E-state index contributed by atoms with van der Waals surface area (Å²) in [4.78, 5) is 7.46. The maximum Gasteiger partial charge on any atom is 0.123 e. The Balaban J connectivity index is 1.73. The molecule has 0 bridgehead atoms. The Kier molecular flexibility index (Phi) is 3.85. The van der Waals surface area contributed by atoms with Gasteiger partial charge in [-0.1, -0.05) is 12.1 Å². The molecule has 20 heavy (non-hydrogen) atoms. The van der Waals surface area contributed by atoms with Crippen LogP contribution in [0, 0.1) is 6.92 Å². The van der Waals surface area contributed by atoms with Crippen molar-refractivity contribution in [3.8, 4) is 0 Å². The van der Waals surface area contributed by atoms with Crippen LogP contribution in [0.2, 0.25) is 0 Å². The van der Waals surface area contributed by atoms with E-state index in [0.717, 1.165) is 31.0 Å². The predicted octanol–water partition coefficient (Wildman–Crippen LogP) is 3.72. The van der Waals surface area contributed by atoms with Crippen LogP contribution in [0.1, 0.15) is 22.5 Å². The van der Waals surface area contributed by atoms with Crippen LogP contribution in [0.4, 0.5) is 0 Å². The second-order valence-electron chi connectivity index (χ2n) is 4.88. The number of hydrogen-bond acceptors (Lipinski definition) is 3. The highest BCUT2D eigenvalue weighted by atomic mass is 32.1. The van der Waals surface area contributed by atoms with Gasteiger partial charge in [0, 0.05) is 22.8 Å². The summed E-state index contributed by atoms with van der Waals surface area (Å²) < 4.78 is 2.28. The van der Waals surface area contributed by atoms with E-state index >= 15 is 0 Å². The van der Waals surface area contributed by atoms with Gasteiger partial charge in [-0.15, -0.1) is 11.3 Å². The van der Waals surface area contributed by atoms with Crippen molar-refractivity contribution >= 4 is 22.4 Å². The topological polar surface area (TPSA) is 29.9 Å². The van der Waals surface area contributed by atoms with Crippen LogP contribution in [0.3, 0.4) is 0 Å². The molecule has 0 aliphatic heterocycles. The Labute approximate surface area is 123 Å². The van der Waals surface area contributed by atoms with Gasteiger partial charge in [0.05, 0.1) is 17.6 Å². The summed E-state index contributed by atoms with van der Waals surface area (Å²) >= 11 is 1.85. The molecule has 3 aromatic rings. The number of nitrogens with zero attached hydrogens (tertiary/aromatic N) is 2. The quantitative estimate of drug-likeness (QED) is 0.774. The fourth-order valence-corrected chi connectivity index (χ4v) is 3.35. The molecule has 0 radical (unpaired) electrons. The van der Waals surface area contributed by atoms with Crippen LogP contribution in [0.15, 0.2) is 36.4 Å². The Hall–Kier alpha value is -1.65. The molecule has 0 unspecified atom stereocenters. The van der Waals surface area contributed by atoms with Crippen molar-refractivity contribution in [2.75, 3.05) is 0 Å². The first-order chi connectivity index (χ1) is 9.78. The molecule has 0 aliphatic rings. The van der Waals surface area contributed by atoms with Crippen molar-refractivity contribution in [1.82, 2.24) is 14.9 Å². The molecule has 1 aromatic carbocycles. The molecule has 0 atom stereocenters. The minimum atomic E-state index is 0.805. The lowest BCUT2D eigenvalue weighted by Crippen LogP contribution is -2.15. The van der Waals surface area contributed by atoms with Crippen molar-refractivity contribution in [3.05, 3.63) is 52.0 Å². The molecule has 0 aliphatic carbocycles. The first-order valence-corrected chi connectivity index (χ1v) is 7.79. The zero-order valence-electron chi connectivity index (χ0n) is 11.9. The Morgan fingerprint density at radius 2 is 2.00 bits per heavy atom. The molecule has 0 fully saturated rings. The van der Waals surface area contributed by atoms with E-state index in [1.54, 1.807) is 0 Å². The summed E-state index contributed by atoms with van der Waals surface area (Å²) in [6.07, 6.45) is 0. The largest absolute Gasteiger partial charge is 0.327 e. The van der Waals surface area contributed by atoms with E-state index in [1.807, 2.05) is 17.4 Å². The summed E-state index contributed by atoms with van der Waals surface area (Å²) in [7, 11) is 0. The van der Waals surface area contributed by atoms with Gasteiger partial charge in [-0.2, -0.15) is 0 Å². The van der Waals surface area contributed by atoms with Crippen molar-refractivity contribution in [1.29, 1.82) is 0 Å². The van der Waals surface area contributed by atoms with E-state index in [1.165, 1.54) is 15.3 Å². The standard InChI is InChI=1S/C16H19N3S/c1-3-19-15-7-5-4-6-14(15)18-16(19)11-17-10-13-9-8-12(2)20-13/h4-9,17H,3,10-11H2,1-2H3. The molecule has 0 saturated heterocycles. The minimum Gasteiger partial charge on any atom is -0.327 e. The van der Waals surface area contributed by atoms with Crippen molar-refractivity contribution in [3.63, 3.8) is 0 Å². The van der Waals surface area contributed by atoms with Crippen LogP contribution in [0.25, 0.3) is 11.0 Å². The molecule has 3 rings (SSSR count). The van der Waals surface area contributed by atoms with Gasteiger partial charge in [-0.25, -0.2) is 4.98 Å². The molecule has 1 N–H and O–H groups in total. The van der Waals surface area contributed by atoms with E-state index in [4.69, 9.17) is 4.98 Å². The SMILES string of the molecule is CCn1c(CNCc2ccc(C)s2)nc2ccccc21. The number of imidazole rings is 1. The average molecular weight is 285 g/mol. The van der Waals surface area contributed by atoms with E-state index in [0.29, 0.717) is 0 Å². The molecule has 0 spiro atoms. The molecular weight excluding hydrogens is 266 g/mol. The zero-order valence-corrected chi connectivity index (χ0v) is 12.7. The van der Waals surface area contributed by atoms with Gasteiger partial charge in [0.1, 0.15) is 5.82 Å². The molecule has 104 valence electrons. The highest BCUT2D eigenvalue weighted by molar-refractivity contribution is 7.11. The monoisotopic (exact) mass is 285 g/mol. The van der Waals surface area contributed by atoms with Gasteiger partial charge in [-0.3, -0.25) is 0 Å². The van der Waals surface area contributed by atoms with Crippen LogP contribution >= 0.6 is 11.3 Å². The lowest BCUT2D eigenvalue weighted by Gasteiger charge is -2.06. The van der Waals surface area contributed by atoms with E-state index in [-0.39, 0.29) is 0 Å². The fourth-order valence-electron chi connectivity index (χ4n) is 2.49. The fraction of sp³-hybridized carbons (Fsp3) is 0.312. The Bertz CT molecular complexity index is 711. The second kappa shape index (κ2) is 5.77. The predicted molar refractivity (Wildman–Crippen MR) is 85.0 cm³/mol. The number of benzene rings is 1. The summed E-state index contributed by atoms with van der Waals surface area (Å²) in [5.74, 6) is 1.11. The first-order valence-electron chi connectivity index (χ1n) is 6.98. The molecule has 4 heteroatoms. The van der Waals surface area contributed by atoms with Gasteiger partial charge in [0.15, 0.2) is 0 Å². The van der Waals surface area contributed by atoms with Gasteiger partial charge < -0.3 is 9.88 Å². The highest BCUT2D eigenvalue weighted by Gasteiger charge is 2.08. The second-order valence-corrected chi connectivity index (χ2v) is 6.25. The maximum atomic E-state index is 4.72. The van der Waals surface area contributed by atoms with Crippen molar-refractivity contribution < 1.29 is 0 Å². The van der Waals surface area contributed by atoms with E-state index in [9.17, 15) is 0 Å². The third kappa shape index (κ3) is 2.62. The maximum absolute atomic E-state index is 4.72. The van der Waals surface area contributed by atoms with Crippen LogP contribution in [-0.4, -0.2) is 9.55 Å². The molecule has 0 saturated carbocycles. The number of aryl methyl sites for hydroxylation is 2. The number of hydrogen-bond donors (Lipinski definition) is 1. The van der Waals surface area contributed by atoms with Gasteiger partial charge in [-0.05, 0) is 38.1 Å². The van der Waals surface area contributed by atoms with Crippen LogP contribution in [-0.2, 0) is 19.6 Å². The number of thiophene rings is 1. The molecule has 3 nitrogen and oxygen atoms in total. The smallest absolute Gasteiger partial charge is 0.123 e. The van der Waals surface area contributed by atoms with Crippen LogP contribution in [0.5, 0.6) is 0 Å². The summed E-state index contributed by atoms with van der Waals surface area (Å²) in [5.41, 5.74) is 2.30. The van der Waals surface area contributed by atoms with Crippen molar-refractivity contribution in [2.45, 2.75) is 33.5 Å². The first kappa shape index (κ1) is 13.3. The number of fused-ring (bicyclic) bond motifs is 1. The normalized spacial score (nSPS) is 11.3. The number of nitrogens with one attached hydrogen (secondary N) is 1. The lowest BCUT2D eigenvalue weighted by molar-refractivity contribution is 0.624. The highest BCUT2D eigenvalue weighted by Crippen LogP contribution is 2.17. The number of para-hydroxylation sites is 2. The lowest BCUT2D eigenvalue weighted by atomic mass is 10.3. The van der Waals surface area contributed by atoms with Crippen molar-refractivity contribution in [2.24, 2.45) is 0 Å². The molecule has 2 aromatic heterocycles. The average Bonchev–Trinajstić information content (AvgIpc) is 3.02. The van der Waals surface area contributed by atoms with Gasteiger partial charge >= 0.3 is 0 Å². The van der Waals surface area contributed by atoms with Crippen LogP contribution < -0.4 is 5.32 Å². The molecule has 0 amide bonds. The number of rotatable bonds is 5. The Morgan fingerprint density at radius 1 is 1.15 bits per heavy atom. The summed E-state index contributed by atoms with van der Waals surface area (Å²) in [6.45, 7) is 6.98. The zero-order chi connectivity index (χ0) is 13.9. The molecular formula is C16H19N3S. The van der Waals surface area contributed by atoms with Gasteiger partial charge in [0.2, 0.25) is 0 Å². The third-order valence-electron chi connectivity index (χ3n) is 3.43. The van der Waals surface area contributed by atoms with Gasteiger partial charge in [0.25, 0.3) is 0 Å². The van der Waals surface area contributed by atoms with E-state index in [2.05, 4.69) is 54.1 Å². The minimum absolute atomic E-state index is 0.805. The Morgan fingerprint density at radius 3 is 2.75 bits per heavy atom. The summed E-state index contributed by atoms with van der Waals surface area (Å²) in [5, 5.41) is 3.49. The third-order valence-corrected chi connectivity index (χ3v) is 4.43. The summed E-state index contributed by atoms with van der Waals surface area (Å²) in [6, 6.07) is 12.7. The van der Waals surface area contributed by atoms with E-state index < -0.39 is 0 Å². The molecule has 2 heterocycles.